The summed E-state index contributed by atoms with van der Waals surface area (Å²) in [5.74, 6) is -0.141. The summed E-state index contributed by atoms with van der Waals surface area (Å²) in [6, 6.07) is 9.09. The topological polar surface area (TPSA) is 75.7 Å². The maximum Gasteiger partial charge on any atom is 0.416 e. The number of hydrogen-bond acceptors (Lipinski definition) is 4. The lowest BCUT2D eigenvalue weighted by Crippen LogP contribution is -2.43. The van der Waals surface area contributed by atoms with Gasteiger partial charge in [-0.3, -0.25) is 4.79 Å². The van der Waals surface area contributed by atoms with Gasteiger partial charge in [-0.25, -0.2) is 8.42 Å². The Balaban J connectivity index is 1.78. The van der Waals surface area contributed by atoms with Crippen molar-refractivity contribution in [3.8, 4) is 5.75 Å². The molecule has 3 rings (SSSR count). The van der Waals surface area contributed by atoms with Crippen LogP contribution in [0.25, 0.3) is 0 Å². The van der Waals surface area contributed by atoms with Gasteiger partial charge in [-0.2, -0.15) is 17.5 Å². The summed E-state index contributed by atoms with van der Waals surface area (Å²) in [6.45, 7) is 2.40. The zero-order valence-electron chi connectivity index (χ0n) is 16.1. The fourth-order valence-corrected chi connectivity index (χ4v) is 4.96. The van der Waals surface area contributed by atoms with Crippen molar-refractivity contribution in [3.05, 3.63) is 54.1 Å². The Kier molecular flexibility index (Phi) is 6.37. The summed E-state index contributed by atoms with van der Waals surface area (Å²) in [5, 5.41) is 2.41. The van der Waals surface area contributed by atoms with Gasteiger partial charge in [0.2, 0.25) is 15.9 Å². The van der Waals surface area contributed by atoms with Gasteiger partial charge < -0.3 is 10.1 Å². The smallest absolute Gasteiger partial charge is 0.416 e. The van der Waals surface area contributed by atoms with E-state index in [4.69, 9.17) is 4.74 Å². The van der Waals surface area contributed by atoms with Gasteiger partial charge in [0.05, 0.1) is 17.1 Å². The van der Waals surface area contributed by atoms with Gasteiger partial charge in [0.1, 0.15) is 11.8 Å². The first-order chi connectivity index (χ1) is 14.1. The number of nitrogens with one attached hydrogen (secondary N) is 1. The van der Waals surface area contributed by atoms with E-state index in [0.29, 0.717) is 18.8 Å². The third-order valence-corrected chi connectivity index (χ3v) is 6.63. The molecule has 0 aromatic heterocycles. The molecule has 0 bridgehead atoms. The summed E-state index contributed by atoms with van der Waals surface area (Å²) in [6.07, 6.45) is -3.80. The normalized spacial score (nSPS) is 17.7. The van der Waals surface area contributed by atoms with Crippen LogP contribution in [0.1, 0.15) is 25.3 Å². The van der Waals surface area contributed by atoms with Crippen LogP contribution in [-0.4, -0.2) is 37.8 Å². The Hall–Kier alpha value is -2.59. The molecule has 162 valence electrons. The molecule has 0 aliphatic carbocycles. The fraction of sp³-hybridized carbons (Fsp3) is 0.350. The molecule has 0 spiro atoms. The maximum absolute atomic E-state index is 13.0. The Morgan fingerprint density at radius 3 is 2.53 bits per heavy atom. The van der Waals surface area contributed by atoms with Crippen molar-refractivity contribution in [2.24, 2.45) is 0 Å². The molecule has 30 heavy (non-hydrogen) atoms. The molecular formula is C20H21F3N2O4S. The van der Waals surface area contributed by atoms with Crippen LogP contribution in [0.5, 0.6) is 5.75 Å². The summed E-state index contributed by atoms with van der Waals surface area (Å²) in [5.41, 5.74) is -0.939. The molecule has 1 heterocycles. The minimum atomic E-state index is -4.54. The van der Waals surface area contributed by atoms with Gasteiger partial charge in [-0.15, -0.1) is 0 Å². The number of amides is 1. The van der Waals surface area contributed by atoms with E-state index < -0.39 is 33.7 Å². The lowest BCUT2D eigenvalue weighted by atomic mass is 10.1. The van der Waals surface area contributed by atoms with Crippen molar-refractivity contribution in [1.29, 1.82) is 0 Å². The van der Waals surface area contributed by atoms with Crippen LogP contribution in [0.3, 0.4) is 0 Å². The zero-order chi connectivity index (χ0) is 21.9. The zero-order valence-corrected chi connectivity index (χ0v) is 17.0. The SMILES string of the molecule is CCOc1ccc(S(=O)(=O)N2CCC[C@@H]2C(=O)Nc2cccc(C(F)(F)F)c2)cc1. The fourth-order valence-electron chi connectivity index (χ4n) is 3.30. The van der Waals surface area contributed by atoms with Gasteiger partial charge in [0, 0.05) is 12.2 Å². The second kappa shape index (κ2) is 8.65. The van der Waals surface area contributed by atoms with Gasteiger partial charge in [-0.1, -0.05) is 6.07 Å². The third-order valence-electron chi connectivity index (χ3n) is 4.71. The molecule has 1 aliphatic heterocycles. The first kappa shape index (κ1) is 22.1. The standard InChI is InChI=1S/C20H21F3N2O4S/c1-2-29-16-8-10-17(11-9-16)30(27,28)25-12-4-7-18(25)19(26)24-15-6-3-5-14(13-15)20(21,22)23/h3,5-6,8-11,13,18H,2,4,7,12H2,1H3,(H,24,26)/t18-/m1/s1. The maximum atomic E-state index is 13.0. The van der Waals surface area contributed by atoms with E-state index in [2.05, 4.69) is 5.32 Å². The van der Waals surface area contributed by atoms with Crippen molar-refractivity contribution in [3.63, 3.8) is 0 Å². The summed E-state index contributed by atoms with van der Waals surface area (Å²) >= 11 is 0. The van der Waals surface area contributed by atoms with E-state index in [-0.39, 0.29) is 23.5 Å². The predicted octanol–water partition coefficient (Wildman–Crippen LogP) is 3.90. The molecule has 2 aromatic rings. The predicted molar refractivity (Wildman–Crippen MR) is 105 cm³/mol. The van der Waals surface area contributed by atoms with E-state index >= 15 is 0 Å². The number of sulfonamides is 1. The van der Waals surface area contributed by atoms with E-state index in [0.717, 1.165) is 16.4 Å². The highest BCUT2D eigenvalue weighted by atomic mass is 32.2. The highest BCUT2D eigenvalue weighted by Crippen LogP contribution is 2.32. The third kappa shape index (κ3) is 4.76. The number of carbonyl (C=O) groups is 1. The Labute approximate surface area is 172 Å². The molecule has 0 saturated carbocycles. The van der Waals surface area contributed by atoms with Gasteiger partial charge in [0.25, 0.3) is 0 Å². The van der Waals surface area contributed by atoms with Crippen molar-refractivity contribution in [1.82, 2.24) is 4.31 Å². The molecule has 1 amide bonds. The minimum Gasteiger partial charge on any atom is -0.494 e. The number of hydrogen-bond donors (Lipinski definition) is 1. The molecule has 6 nitrogen and oxygen atoms in total. The monoisotopic (exact) mass is 442 g/mol. The number of alkyl halides is 3. The van der Waals surface area contributed by atoms with Crippen LogP contribution in [0, 0.1) is 0 Å². The van der Waals surface area contributed by atoms with E-state index in [1.807, 2.05) is 6.92 Å². The van der Waals surface area contributed by atoms with E-state index in [9.17, 15) is 26.4 Å². The van der Waals surface area contributed by atoms with Crippen LogP contribution < -0.4 is 10.1 Å². The van der Waals surface area contributed by atoms with Crippen LogP contribution in [0.4, 0.5) is 18.9 Å². The number of benzene rings is 2. The first-order valence-corrected chi connectivity index (χ1v) is 10.8. The van der Waals surface area contributed by atoms with Crippen molar-refractivity contribution in [2.45, 2.75) is 36.9 Å². The van der Waals surface area contributed by atoms with Crippen molar-refractivity contribution in [2.75, 3.05) is 18.5 Å². The number of nitrogens with zero attached hydrogens (tertiary/aromatic N) is 1. The molecule has 1 fully saturated rings. The van der Waals surface area contributed by atoms with Gasteiger partial charge >= 0.3 is 6.18 Å². The molecule has 1 N–H and O–H groups in total. The van der Waals surface area contributed by atoms with Crippen LogP contribution in [0.15, 0.2) is 53.4 Å². The lowest BCUT2D eigenvalue weighted by molar-refractivity contribution is -0.137. The quantitative estimate of drug-likeness (QED) is 0.737. The van der Waals surface area contributed by atoms with Crippen molar-refractivity contribution >= 4 is 21.6 Å². The highest BCUT2D eigenvalue weighted by molar-refractivity contribution is 7.89. The number of anilines is 1. The lowest BCUT2D eigenvalue weighted by Gasteiger charge is -2.23. The summed E-state index contributed by atoms with van der Waals surface area (Å²) < 4.78 is 71.1. The number of halogens is 3. The first-order valence-electron chi connectivity index (χ1n) is 9.36. The molecule has 2 aromatic carbocycles. The number of rotatable bonds is 6. The average Bonchev–Trinajstić information content (AvgIpc) is 3.19. The molecule has 1 saturated heterocycles. The summed E-state index contributed by atoms with van der Waals surface area (Å²) in [4.78, 5) is 12.7. The van der Waals surface area contributed by atoms with Gasteiger partial charge in [0.15, 0.2) is 0 Å². The largest absolute Gasteiger partial charge is 0.494 e. The average molecular weight is 442 g/mol. The van der Waals surface area contributed by atoms with Gasteiger partial charge in [-0.05, 0) is 62.2 Å². The Morgan fingerprint density at radius 2 is 1.90 bits per heavy atom. The Bertz CT molecular complexity index is 1010. The second-order valence-corrected chi connectivity index (χ2v) is 8.64. The van der Waals surface area contributed by atoms with E-state index in [1.54, 1.807) is 0 Å². The second-order valence-electron chi connectivity index (χ2n) is 6.75. The van der Waals surface area contributed by atoms with Crippen molar-refractivity contribution < 1.29 is 31.1 Å². The number of ether oxygens (including phenoxy) is 1. The number of carbonyl (C=O) groups excluding carboxylic acids is 1. The highest BCUT2D eigenvalue weighted by Gasteiger charge is 2.39. The van der Waals surface area contributed by atoms with Crippen LogP contribution in [-0.2, 0) is 21.0 Å². The molecule has 1 aliphatic rings. The Morgan fingerprint density at radius 1 is 1.20 bits per heavy atom. The van der Waals surface area contributed by atoms with E-state index in [1.165, 1.54) is 36.4 Å². The molecule has 0 radical (unpaired) electrons. The molecule has 1 atom stereocenters. The molecule has 0 unspecified atom stereocenters. The minimum absolute atomic E-state index is 0.0183. The van der Waals surface area contributed by atoms with Crippen LogP contribution in [0.2, 0.25) is 0 Å². The molecular weight excluding hydrogens is 421 g/mol. The summed E-state index contributed by atoms with van der Waals surface area (Å²) in [7, 11) is -3.95. The molecule has 10 heteroatoms. The van der Waals surface area contributed by atoms with Crippen LogP contribution >= 0.6 is 0 Å².